The fraction of sp³-hybridized carbons (Fsp3) is 0.207. The lowest BCUT2D eigenvalue weighted by Crippen LogP contribution is -2.34. The largest absolute Gasteiger partial charge is 0.497 e. The Balaban J connectivity index is 1.68. The highest BCUT2D eigenvalue weighted by Gasteiger charge is 2.23. The molecular weight excluding hydrogens is 438 g/mol. The number of rotatable bonds is 10. The second-order valence-electron chi connectivity index (χ2n) is 8.08. The zero-order chi connectivity index (χ0) is 24.5. The maximum atomic E-state index is 12.9. The van der Waals surface area contributed by atoms with Crippen LogP contribution in [0.5, 0.6) is 5.75 Å². The van der Waals surface area contributed by atoms with Crippen molar-refractivity contribution in [2.45, 2.75) is 25.8 Å². The Morgan fingerprint density at radius 2 is 1.66 bits per heavy atom. The van der Waals surface area contributed by atoms with Crippen LogP contribution in [0.25, 0.3) is 11.3 Å². The van der Waals surface area contributed by atoms with Crippen molar-refractivity contribution < 1.29 is 14.3 Å². The van der Waals surface area contributed by atoms with E-state index in [1.54, 1.807) is 20.2 Å². The van der Waals surface area contributed by atoms with Crippen molar-refractivity contribution in [2.75, 3.05) is 19.0 Å². The van der Waals surface area contributed by atoms with Crippen molar-refractivity contribution in [3.05, 3.63) is 108 Å². The van der Waals surface area contributed by atoms with E-state index in [0.717, 1.165) is 33.8 Å². The average Bonchev–Trinajstić information content (AvgIpc) is 2.90. The normalized spacial score (nSPS) is 11.5. The number of carbonyl (C=O) groups excluding carboxylic acids is 1. The van der Waals surface area contributed by atoms with Gasteiger partial charge in [-0.15, -0.1) is 0 Å². The quantitative estimate of drug-likeness (QED) is 0.318. The smallest absolute Gasteiger partial charge is 0.328 e. The molecule has 178 valence electrons. The van der Waals surface area contributed by atoms with Crippen LogP contribution in [0.3, 0.4) is 0 Å². The Hall–Kier alpha value is -4.19. The van der Waals surface area contributed by atoms with E-state index in [2.05, 4.69) is 17.4 Å². The number of esters is 1. The monoisotopic (exact) mass is 467 g/mol. The SMILES string of the molecule is CCOC(=O)C(Cc1cccc(OC)c1)Nc1ncc(-c2ccccc2)nc1Cc1ccccc1. The molecule has 0 bridgehead atoms. The zero-order valence-corrected chi connectivity index (χ0v) is 20.0. The minimum absolute atomic E-state index is 0.296. The van der Waals surface area contributed by atoms with Gasteiger partial charge in [0.1, 0.15) is 17.6 Å². The number of nitrogens with one attached hydrogen (secondary N) is 1. The molecular formula is C29H29N3O3. The summed E-state index contributed by atoms with van der Waals surface area (Å²) in [4.78, 5) is 22.5. The summed E-state index contributed by atoms with van der Waals surface area (Å²) in [6.07, 6.45) is 2.73. The summed E-state index contributed by atoms with van der Waals surface area (Å²) >= 11 is 0. The molecule has 0 saturated heterocycles. The topological polar surface area (TPSA) is 73.3 Å². The maximum Gasteiger partial charge on any atom is 0.328 e. The number of ether oxygens (including phenoxy) is 2. The van der Waals surface area contributed by atoms with Crippen LogP contribution in [0.1, 0.15) is 23.7 Å². The molecule has 35 heavy (non-hydrogen) atoms. The maximum absolute atomic E-state index is 12.9. The molecule has 0 aliphatic rings. The Morgan fingerprint density at radius 1 is 0.943 bits per heavy atom. The molecule has 1 atom stereocenters. The summed E-state index contributed by atoms with van der Waals surface area (Å²) in [5, 5.41) is 3.33. The molecule has 1 aromatic heterocycles. The van der Waals surface area contributed by atoms with Gasteiger partial charge < -0.3 is 14.8 Å². The van der Waals surface area contributed by atoms with Crippen LogP contribution in [0, 0.1) is 0 Å². The zero-order valence-electron chi connectivity index (χ0n) is 20.0. The van der Waals surface area contributed by atoms with Crippen molar-refractivity contribution in [1.82, 2.24) is 9.97 Å². The number of anilines is 1. The van der Waals surface area contributed by atoms with Gasteiger partial charge in [-0.25, -0.2) is 14.8 Å². The fourth-order valence-corrected chi connectivity index (χ4v) is 3.84. The number of aromatic nitrogens is 2. The van der Waals surface area contributed by atoms with Gasteiger partial charge in [0.15, 0.2) is 0 Å². The minimum Gasteiger partial charge on any atom is -0.497 e. The molecule has 4 rings (SSSR count). The summed E-state index contributed by atoms with van der Waals surface area (Å²) in [6, 6.07) is 27.1. The molecule has 6 nitrogen and oxygen atoms in total. The highest BCUT2D eigenvalue weighted by Crippen LogP contribution is 2.23. The van der Waals surface area contributed by atoms with Crippen molar-refractivity contribution in [2.24, 2.45) is 0 Å². The van der Waals surface area contributed by atoms with E-state index in [1.165, 1.54) is 0 Å². The first-order valence-corrected chi connectivity index (χ1v) is 11.7. The van der Waals surface area contributed by atoms with E-state index >= 15 is 0 Å². The average molecular weight is 468 g/mol. The van der Waals surface area contributed by atoms with Gasteiger partial charge in [-0.3, -0.25) is 0 Å². The summed E-state index contributed by atoms with van der Waals surface area (Å²) in [5.74, 6) is 0.964. The van der Waals surface area contributed by atoms with E-state index < -0.39 is 6.04 Å². The van der Waals surface area contributed by atoms with Crippen molar-refractivity contribution in [3.63, 3.8) is 0 Å². The van der Waals surface area contributed by atoms with Gasteiger partial charge in [-0.1, -0.05) is 72.8 Å². The van der Waals surface area contributed by atoms with Crippen LogP contribution in [-0.4, -0.2) is 35.7 Å². The molecule has 0 fully saturated rings. The van der Waals surface area contributed by atoms with Gasteiger partial charge in [-0.2, -0.15) is 0 Å². The van der Waals surface area contributed by atoms with Gasteiger partial charge in [0.2, 0.25) is 0 Å². The predicted molar refractivity (Wildman–Crippen MR) is 137 cm³/mol. The first-order valence-electron chi connectivity index (χ1n) is 11.7. The third-order valence-electron chi connectivity index (χ3n) is 5.58. The molecule has 6 heteroatoms. The minimum atomic E-state index is -0.631. The number of hydrogen-bond acceptors (Lipinski definition) is 6. The van der Waals surface area contributed by atoms with E-state index in [4.69, 9.17) is 19.4 Å². The van der Waals surface area contributed by atoms with Crippen molar-refractivity contribution in [1.29, 1.82) is 0 Å². The summed E-state index contributed by atoms with van der Waals surface area (Å²) < 4.78 is 10.7. The molecule has 1 N–H and O–H groups in total. The molecule has 0 spiro atoms. The Labute approximate surface area is 206 Å². The van der Waals surface area contributed by atoms with Gasteiger partial charge in [0.05, 0.1) is 31.3 Å². The lowest BCUT2D eigenvalue weighted by Gasteiger charge is -2.20. The predicted octanol–water partition coefficient (Wildman–Crippen LogP) is 5.33. The van der Waals surface area contributed by atoms with Crippen LogP contribution in [0.4, 0.5) is 5.82 Å². The van der Waals surface area contributed by atoms with Crippen molar-refractivity contribution >= 4 is 11.8 Å². The van der Waals surface area contributed by atoms with Crippen LogP contribution >= 0.6 is 0 Å². The Morgan fingerprint density at radius 3 is 2.37 bits per heavy atom. The summed E-state index contributed by atoms with van der Waals surface area (Å²) in [7, 11) is 1.62. The first-order chi connectivity index (χ1) is 17.2. The van der Waals surface area contributed by atoms with Crippen LogP contribution in [0.15, 0.2) is 91.1 Å². The number of hydrogen-bond donors (Lipinski definition) is 1. The fourth-order valence-electron chi connectivity index (χ4n) is 3.84. The van der Waals surface area contributed by atoms with Crippen LogP contribution in [-0.2, 0) is 22.4 Å². The third-order valence-corrected chi connectivity index (χ3v) is 5.58. The van der Waals surface area contributed by atoms with Gasteiger partial charge in [0.25, 0.3) is 0 Å². The third kappa shape index (κ3) is 6.44. The lowest BCUT2D eigenvalue weighted by atomic mass is 10.0. The number of carbonyl (C=O) groups is 1. The molecule has 0 aliphatic carbocycles. The van der Waals surface area contributed by atoms with E-state index in [1.807, 2.05) is 72.8 Å². The molecule has 0 aliphatic heterocycles. The Kier molecular flexibility index (Phi) is 8.07. The molecule has 1 heterocycles. The molecule has 0 amide bonds. The molecule has 0 radical (unpaired) electrons. The van der Waals surface area contributed by atoms with Crippen molar-refractivity contribution in [3.8, 4) is 17.0 Å². The highest BCUT2D eigenvalue weighted by atomic mass is 16.5. The van der Waals surface area contributed by atoms with Gasteiger partial charge in [-0.05, 0) is 30.2 Å². The number of nitrogens with zero attached hydrogens (tertiary/aromatic N) is 2. The van der Waals surface area contributed by atoms with Gasteiger partial charge in [0, 0.05) is 18.4 Å². The Bertz CT molecular complexity index is 1250. The summed E-state index contributed by atoms with van der Waals surface area (Å²) in [5.41, 5.74) is 4.59. The van der Waals surface area contributed by atoms with E-state index in [-0.39, 0.29) is 5.97 Å². The first kappa shape index (κ1) is 24.0. The molecule has 0 saturated carbocycles. The van der Waals surface area contributed by atoms with Crippen LogP contribution in [0.2, 0.25) is 0 Å². The van der Waals surface area contributed by atoms with E-state index in [9.17, 15) is 4.79 Å². The number of methoxy groups -OCH3 is 1. The van der Waals surface area contributed by atoms with Crippen LogP contribution < -0.4 is 10.1 Å². The standard InChI is InChI=1S/C29H29N3O3/c1-3-35-29(33)26(19-22-13-10-16-24(17-22)34-2)32-28-25(18-21-11-6-4-7-12-21)31-27(20-30-28)23-14-8-5-9-15-23/h4-17,20,26H,3,18-19H2,1-2H3,(H,30,32). The summed E-state index contributed by atoms with van der Waals surface area (Å²) in [6.45, 7) is 2.10. The second kappa shape index (κ2) is 11.8. The molecule has 3 aromatic carbocycles. The second-order valence-corrected chi connectivity index (χ2v) is 8.08. The molecule has 4 aromatic rings. The lowest BCUT2D eigenvalue weighted by molar-refractivity contribution is -0.144. The van der Waals surface area contributed by atoms with E-state index in [0.29, 0.717) is 25.3 Å². The number of benzene rings is 3. The molecule has 1 unspecified atom stereocenters. The van der Waals surface area contributed by atoms with Gasteiger partial charge >= 0.3 is 5.97 Å². The highest BCUT2D eigenvalue weighted by molar-refractivity contribution is 5.79.